The summed E-state index contributed by atoms with van der Waals surface area (Å²) < 4.78 is 0. The normalized spacial score (nSPS) is 19.0. The third kappa shape index (κ3) is 2.96. The predicted molar refractivity (Wildman–Crippen MR) is 82.5 cm³/mol. The summed E-state index contributed by atoms with van der Waals surface area (Å²) in [7, 11) is 0. The van der Waals surface area contributed by atoms with Crippen molar-refractivity contribution in [3.05, 3.63) is 23.2 Å². The van der Waals surface area contributed by atoms with Gasteiger partial charge in [-0.3, -0.25) is 5.10 Å². The Morgan fingerprint density at radius 2 is 2.33 bits per heavy atom. The van der Waals surface area contributed by atoms with Crippen LogP contribution in [-0.2, 0) is 0 Å². The molecular formula is C14H18ClN5O. The van der Waals surface area contributed by atoms with E-state index in [0.29, 0.717) is 34.8 Å². The van der Waals surface area contributed by atoms with E-state index in [4.69, 9.17) is 17.3 Å². The molecule has 0 radical (unpaired) electrons. The number of piperidine rings is 1. The molecule has 1 aromatic heterocycles. The average molecular weight is 308 g/mol. The van der Waals surface area contributed by atoms with Crippen molar-refractivity contribution in [3.8, 4) is 17.1 Å². The first-order valence-electron chi connectivity index (χ1n) is 7.03. The number of anilines is 1. The van der Waals surface area contributed by atoms with Gasteiger partial charge in [0.2, 0.25) is 5.95 Å². The third-order valence-corrected chi connectivity index (χ3v) is 4.14. The molecule has 0 saturated carbocycles. The number of phenolic OH excluding ortho intramolecular Hbond substituents is 1. The van der Waals surface area contributed by atoms with Crippen molar-refractivity contribution in [2.45, 2.75) is 12.8 Å². The van der Waals surface area contributed by atoms with Crippen molar-refractivity contribution in [2.75, 3.05) is 24.5 Å². The van der Waals surface area contributed by atoms with E-state index >= 15 is 0 Å². The molecule has 3 rings (SSSR count). The summed E-state index contributed by atoms with van der Waals surface area (Å²) in [4.78, 5) is 6.63. The Morgan fingerprint density at radius 1 is 1.48 bits per heavy atom. The number of H-pyrrole nitrogens is 1. The molecule has 1 aliphatic rings. The lowest BCUT2D eigenvalue weighted by molar-refractivity contribution is 0.420. The number of phenols is 1. The number of nitrogens with one attached hydrogen (secondary N) is 1. The number of rotatable bonds is 3. The first-order chi connectivity index (χ1) is 10.2. The molecule has 21 heavy (non-hydrogen) atoms. The molecule has 4 N–H and O–H groups in total. The Bertz CT molecular complexity index is 630. The fourth-order valence-corrected chi connectivity index (χ4v) is 2.86. The van der Waals surface area contributed by atoms with Gasteiger partial charge in [-0.15, -0.1) is 5.10 Å². The van der Waals surface area contributed by atoms with E-state index < -0.39 is 0 Å². The predicted octanol–water partition coefficient (Wildman–Crippen LogP) is 2.01. The molecule has 1 saturated heterocycles. The summed E-state index contributed by atoms with van der Waals surface area (Å²) in [6, 6.07) is 4.75. The van der Waals surface area contributed by atoms with Crippen LogP contribution >= 0.6 is 11.6 Å². The van der Waals surface area contributed by atoms with Crippen molar-refractivity contribution in [1.82, 2.24) is 15.2 Å². The highest BCUT2D eigenvalue weighted by molar-refractivity contribution is 6.33. The first kappa shape index (κ1) is 14.2. The molecule has 1 aliphatic heterocycles. The van der Waals surface area contributed by atoms with Crippen LogP contribution in [0.25, 0.3) is 11.4 Å². The standard InChI is InChI=1S/C14H18ClN5O/c15-12-4-3-10(21)6-11(12)13-17-14(19-18-13)20-5-1-2-9(7-16)8-20/h3-4,6,9,21H,1-2,5,7-8,16H2,(H,17,18,19). The maximum atomic E-state index is 9.58. The summed E-state index contributed by atoms with van der Waals surface area (Å²) in [5.41, 5.74) is 6.40. The van der Waals surface area contributed by atoms with E-state index in [1.807, 2.05) is 0 Å². The minimum Gasteiger partial charge on any atom is -0.508 e. The van der Waals surface area contributed by atoms with Gasteiger partial charge in [-0.25, -0.2) is 0 Å². The summed E-state index contributed by atoms with van der Waals surface area (Å²) >= 11 is 6.14. The number of nitrogens with two attached hydrogens (primary N) is 1. The van der Waals surface area contributed by atoms with Gasteiger partial charge in [-0.1, -0.05) is 11.6 Å². The second kappa shape index (κ2) is 5.91. The lowest BCUT2D eigenvalue weighted by Crippen LogP contribution is -2.38. The summed E-state index contributed by atoms with van der Waals surface area (Å²) in [5.74, 6) is 1.85. The van der Waals surface area contributed by atoms with Crippen molar-refractivity contribution in [3.63, 3.8) is 0 Å². The number of hydrogen-bond acceptors (Lipinski definition) is 5. The molecule has 7 heteroatoms. The second-order valence-corrected chi connectivity index (χ2v) is 5.75. The Morgan fingerprint density at radius 3 is 3.14 bits per heavy atom. The van der Waals surface area contributed by atoms with Crippen LogP contribution in [0.15, 0.2) is 18.2 Å². The Balaban J connectivity index is 1.84. The largest absolute Gasteiger partial charge is 0.508 e. The van der Waals surface area contributed by atoms with Crippen LogP contribution in [0.4, 0.5) is 5.95 Å². The monoisotopic (exact) mass is 307 g/mol. The molecule has 2 aromatic rings. The number of hydrogen-bond donors (Lipinski definition) is 3. The van der Waals surface area contributed by atoms with Gasteiger partial charge in [0.25, 0.3) is 0 Å². The Kier molecular flexibility index (Phi) is 3.98. The fourth-order valence-electron chi connectivity index (χ4n) is 2.65. The highest BCUT2D eigenvalue weighted by atomic mass is 35.5. The molecule has 1 atom stereocenters. The van der Waals surface area contributed by atoms with E-state index in [9.17, 15) is 5.11 Å². The summed E-state index contributed by atoms with van der Waals surface area (Å²) in [6.45, 7) is 2.50. The zero-order chi connectivity index (χ0) is 14.8. The number of benzene rings is 1. The molecule has 0 bridgehead atoms. The highest BCUT2D eigenvalue weighted by Gasteiger charge is 2.22. The van der Waals surface area contributed by atoms with Gasteiger partial charge < -0.3 is 15.7 Å². The zero-order valence-electron chi connectivity index (χ0n) is 11.6. The lowest BCUT2D eigenvalue weighted by atomic mass is 9.99. The molecule has 1 fully saturated rings. The zero-order valence-corrected chi connectivity index (χ0v) is 12.3. The van der Waals surface area contributed by atoms with E-state index in [1.54, 1.807) is 18.2 Å². The van der Waals surface area contributed by atoms with Crippen LogP contribution in [0.5, 0.6) is 5.75 Å². The Hall–Kier alpha value is -1.79. The minimum absolute atomic E-state index is 0.147. The number of aromatic amines is 1. The maximum absolute atomic E-state index is 9.58. The molecule has 1 aromatic carbocycles. The SMILES string of the molecule is NCC1CCCN(c2n[nH]c(-c3cc(O)ccc3Cl)n2)C1. The van der Waals surface area contributed by atoms with Gasteiger partial charge in [-0.05, 0) is 43.5 Å². The molecule has 6 nitrogen and oxygen atoms in total. The molecule has 112 valence electrons. The minimum atomic E-state index is 0.147. The molecule has 0 aliphatic carbocycles. The summed E-state index contributed by atoms with van der Waals surface area (Å²) in [5, 5.41) is 17.3. The van der Waals surface area contributed by atoms with Gasteiger partial charge in [0, 0.05) is 18.7 Å². The molecule has 0 spiro atoms. The van der Waals surface area contributed by atoms with Crippen LogP contribution < -0.4 is 10.6 Å². The van der Waals surface area contributed by atoms with E-state index in [0.717, 1.165) is 25.9 Å². The Labute approximate surface area is 127 Å². The average Bonchev–Trinajstić information content (AvgIpc) is 2.99. The lowest BCUT2D eigenvalue weighted by Gasteiger charge is -2.31. The molecule has 2 heterocycles. The van der Waals surface area contributed by atoms with Gasteiger partial charge in [0.05, 0.1) is 5.02 Å². The first-order valence-corrected chi connectivity index (χ1v) is 7.41. The van der Waals surface area contributed by atoms with Crippen LogP contribution in [-0.4, -0.2) is 39.9 Å². The van der Waals surface area contributed by atoms with Crippen molar-refractivity contribution in [2.24, 2.45) is 11.7 Å². The van der Waals surface area contributed by atoms with Crippen molar-refractivity contribution >= 4 is 17.5 Å². The quantitative estimate of drug-likeness (QED) is 0.807. The number of aromatic nitrogens is 3. The van der Waals surface area contributed by atoms with Gasteiger partial charge in [0.1, 0.15) is 5.75 Å². The van der Waals surface area contributed by atoms with Crippen LogP contribution in [0.2, 0.25) is 5.02 Å². The second-order valence-electron chi connectivity index (χ2n) is 5.34. The van der Waals surface area contributed by atoms with Gasteiger partial charge in [0.15, 0.2) is 5.82 Å². The number of nitrogens with zero attached hydrogens (tertiary/aromatic N) is 3. The van der Waals surface area contributed by atoms with Crippen LogP contribution in [0.1, 0.15) is 12.8 Å². The number of halogens is 1. The summed E-state index contributed by atoms with van der Waals surface area (Å²) in [6.07, 6.45) is 2.25. The van der Waals surface area contributed by atoms with Crippen LogP contribution in [0, 0.1) is 5.92 Å². The van der Waals surface area contributed by atoms with E-state index in [-0.39, 0.29) is 5.75 Å². The third-order valence-electron chi connectivity index (χ3n) is 3.81. The molecule has 0 amide bonds. The van der Waals surface area contributed by atoms with Crippen molar-refractivity contribution < 1.29 is 5.11 Å². The van der Waals surface area contributed by atoms with Crippen LogP contribution in [0.3, 0.4) is 0 Å². The van der Waals surface area contributed by atoms with Crippen molar-refractivity contribution in [1.29, 1.82) is 0 Å². The highest BCUT2D eigenvalue weighted by Crippen LogP contribution is 2.30. The van der Waals surface area contributed by atoms with Gasteiger partial charge >= 0.3 is 0 Å². The maximum Gasteiger partial charge on any atom is 0.245 e. The molecule has 1 unspecified atom stereocenters. The fraction of sp³-hybridized carbons (Fsp3) is 0.429. The molecular weight excluding hydrogens is 290 g/mol. The van der Waals surface area contributed by atoms with E-state index in [2.05, 4.69) is 20.1 Å². The smallest absolute Gasteiger partial charge is 0.245 e. The van der Waals surface area contributed by atoms with Gasteiger partial charge in [-0.2, -0.15) is 4.98 Å². The number of aromatic hydroxyl groups is 1. The topological polar surface area (TPSA) is 91.1 Å². The van der Waals surface area contributed by atoms with E-state index in [1.165, 1.54) is 0 Å².